The molecule has 1 aromatic carbocycles. The van der Waals surface area contributed by atoms with Gasteiger partial charge in [-0.15, -0.1) is 0 Å². The van der Waals surface area contributed by atoms with Gasteiger partial charge in [0.15, 0.2) is 0 Å². The Hall–Kier alpha value is -1.82. The summed E-state index contributed by atoms with van der Waals surface area (Å²) in [7, 11) is -1.29. The van der Waals surface area contributed by atoms with E-state index in [1.807, 2.05) is 24.3 Å². The normalized spacial score (nSPS) is 11.5. The monoisotopic (exact) mass is 294 g/mol. The number of aromatic nitrogens is 1. The van der Waals surface area contributed by atoms with Crippen LogP contribution in [-0.4, -0.2) is 39.1 Å². The highest BCUT2D eigenvalue weighted by Gasteiger charge is 2.05. The Morgan fingerprint density at radius 1 is 1.30 bits per heavy atom. The van der Waals surface area contributed by atoms with Crippen LogP contribution in [0.25, 0.3) is 10.8 Å². The average molecular weight is 294 g/mol. The molecule has 0 saturated heterocycles. The molecule has 1 aromatic heterocycles. The predicted molar refractivity (Wildman–Crippen MR) is 81.1 cm³/mol. The lowest BCUT2D eigenvalue weighted by Gasteiger charge is -2.09. The molecule has 0 aliphatic heterocycles. The van der Waals surface area contributed by atoms with Crippen molar-refractivity contribution < 1.29 is 13.2 Å². The number of methoxy groups -OCH3 is 1. The molecule has 5 nitrogen and oxygen atoms in total. The maximum atomic E-state index is 11.1. The minimum Gasteiger partial charge on any atom is -0.497 e. The highest BCUT2D eigenvalue weighted by molar-refractivity contribution is 7.90. The highest BCUT2D eigenvalue weighted by atomic mass is 32.2. The molecule has 20 heavy (non-hydrogen) atoms. The number of pyridine rings is 1. The van der Waals surface area contributed by atoms with Gasteiger partial charge in [-0.3, -0.25) is 0 Å². The summed E-state index contributed by atoms with van der Waals surface area (Å²) >= 11 is 0. The van der Waals surface area contributed by atoms with Gasteiger partial charge in [0.2, 0.25) is 0 Å². The quantitative estimate of drug-likeness (QED) is 0.826. The Morgan fingerprint density at radius 2 is 2.10 bits per heavy atom. The van der Waals surface area contributed by atoms with Crippen molar-refractivity contribution in [3.05, 3.63) is 30.5 Å². The van der Waals surface area contributed by atoms with Gasteiger partial charge < -0.3 is 10.1 Å². The van der Waals surface area contributed by atoms with Gasteiger partial charge in [-0.2, -0.15) is 0 Å². The molecule has 0 aliphatic rings. The van der Waals surface area contributed by atoms with Crippen LogP contribution in [0.4, 0.5) is 5.82 Å². The van der Waals surface area contributed by atoms with E-state index in [0.717, 1.165) is 22.3 Å². The largest absolute Gasteiger partial charge is 0.497 e. The van der Waals surface area contributed by atoms with Crippen molar-refractivity contribution in [1.82, 2.24) is 4.98 Å². The maximum absolute atomic E-state index is 11.1. The number of nitrogens with zero attached hydrogens (tertiary/aromatic N) is 1. The molecule has 0 saturated carbocycles. The Balaban J connectivity index is 2.13. The first-order valence-corrected chi connectivity index (χ1v) is 8.40. The molecular weight excluding hydrogens is 276 g/mol. The molecule has 0 amide bonds. The summed E-state index contributed by atoms with van der Waals surface area (Å²) < 4.78 is 27.4. The van der Waals surface area contributed by atoms with E-state index in [-0.39, 0.29) is 5.75 Å². The van der Waals surface area contributed by atoms with E-state index in [4.69, 9.17) is 4.74 Å². The second-order valence-electron chi connectivity index (χ2n) is 4.66. The molecule has 0 atom stereocenters. The van der Waals surface area contributed by atoms with E-state index in [9.17, 15) is 8.42 Å². The Labute approximate surface area is 118 Å². The SMILES string of the molecule is COc1ccc2ccnc(NCCCS(C)(=O)=O)c2c1. The summed E-state index contributed by atoms with van der Waals surface area (Å²) in [5.41, 5.74) is 0. The summed E-state index contributed by atoms with van der Waals surface area (Å²) in [4.78, 5) is 4.30. The summed E-state index contributed by atoms with van der Waals surface area (Å²) in [6.45, 7) is 0.566. The Morgan fingerprint density at radius 3 is 2.80 bits per heavy atom. The van der Waals surface area contributed by atoms with Gasteiger partial charge in [0.25, 0.3) is 0 Å². The zero-order valence-corrected chi connectivity index (χ0v) is 12.4. The van der Waals surface area contributed by atoms with Crippen molar-refractivity contribution in [1.29, 1.82) is 0 Å². The number of fused-ring (bicyclic) bond motifs is 1. The van der Waals surface area contributed by atoms with Crippen LogP contribution in [0.1, 0.15) is 6.42 Å². The Kier molecular flexibility index (Phi) is 4.44. The maximum Gasteiger partial charge on any atom is 0.147 e. The Bertz CT molecular complexity index is 699. The van der Waals surface area contributed by atoms with Crippen LogP contribution in [-0.2, 0) is 9.84 Å². The zero-order chi connectivity index (χ0) is 14.6. The van der Waals surface area contributed by atoms with Gasteiger partial charge >= 0.3 is 0 Å². The van der Waals surface area contributed by atoms with Gasteiger partial charge in [0.1, 0.15) is 21.4 Å². The molecular formula is C14H18N2O3S. The van der Waals surface area contributed by atoms with E-state index < -0.39 is 9.84 Å². The lowest BCUT2D eigenvalue weighted by atomic mass is 10.1. The van der Waals surface area contributed by atoms with E-state index in [1.54, 1.807) is 13.3 Å². The number of ether oxygens (including phenoxy) is 1. The van der Waals surface area contributed by atoms with Gasteiger partial charge in [-0.1, -0.05) is 6.07 Å². The first-order chi connectivity index (χ1) is 9.49. The molecule has 0 aliphatic carbocycles. The zero-order valence-electron chi connectivity index (χ0n) is 11.6. The third kappa shape index (κ3) is 3.84. The average Bonchev–Trinajstić information content (AvgIpc) is 2.42. The van der Waals surface area contributed by atoms with Gasteiger partial charge in [0.05, 0.1) is 12.9 Å². The first-order valence-electron chi connectivity index (χ1n) is 6.34. The standard InChI is InChI=1S/C14H18N2O3S/c1-19-12-5-4-11-6-8-16-14(13(11)10-12)15-7-3-9-20(2,17)18/h4-6,8,10H,3,7,9H2,1-2H3,(H,15,16). The second-order valence-corrected chi connectivity index (χ2v) is 6.92. The van der Waals surface area contributed by atoms with Crippen LogP contribution in [0.5, 0.6) is 5.75 Å². The molecule has 0 fully saturated rings. The fraction of sp³-hybridized carbons (Fsp3) is 0.357. The van der Waals surface area contributed by atoms with Crippen LogP contribution in [0, 0.1) is 0 Å². The fourth-order valence-electron chi connectivity index (χ4n) is 1.96. The van der Waals surface area contributed by atoms with Gasteiger partial charge in [-0.25, -0.2) is 13.4 Å². The van der Waals surface area contributed by atoms with Gasteiger partial charge in [0, 0.05) is 24.4 Å². The molecule has 0 spiro atoms. The number of nitrogens with one attached hydrogen (secondary N) is 1. The van der Waals surface area contributed by atoms with Crippen LogP contribution in [0.2, 0.25) is 0 Å². The number of rotatable bonds is 6. The lowest BCUT2D eigenvalue weighted by Crippen LogP contribution is -2.10. The molecule has 1 N–H and O–H groups in total. The topological polar surface area (TPSA) is 68.3 Å². The van der Waals surface area contributed by atoms with Crippen molar-refractivity contribution in [3.8, 4) is 5.75 Å². The molecule has 0 unspecified atom stereocenters. The van der Waals surface area contributed by atoms with Crippen LogP contribution < -0.4 is 10.1 Å². The van der Waals surface area contributed by atoms with Crippen molar-refractivity contribution in [2.45, 2.75) is 6.42 Å². The van der Waals surface area contributed by atoms with Crippen molar-refractivity contribution >= 4 is 26.4 Å². The smallest absolute Gasteiger partial charge is 0.147 e. The molecule has 0 radical (unpaired) electrons. The minimum atomic E-state index is -2.91. The minimum absolute atomic E-state index is 0.175. The van der Waals surface area contributed by atoms with Crippen LogP contribution >= 0.6 is 0 Å². The number of anilines is 1. The molecule has 108 valence electrons. The van der Waals surface area contributed by atoms with E-state index in [2.05, 4.69) is 10.3 Å². The molecule has 2 aromatic rings. The summed E-state index contributed by atoms with van der Waals surface area (Å²) in [5.74, 6) is 1.69. The third-order valence-corrected chi connectivity index (χ3v) is 3.99. The number of hydrogen-bond donors (Lipinski definition) is 1. The first kappa shape index (κ1) is 14.6. The summed E-state index contributed by atoms with van der Waals surface area (Å²) in [5, 5.41) is 5.21. The summed E-state index contributed by atoms with van der Waals surface area (Å²) in [6, 6.07) is 7.71. The highest BCUT2D eigenvalue weighted by Crippen LogP contribution is 2.25. The van der Waals surface area contributed by atoms with E-state index in [0.29, 0.717) is 13.0 Å². The van der Waals surface area contributed by atoms with E-state index >= 15 is 0 Å². The van der Waals surface area contributed by atoms with Crippen molar-refractivity contribution in [3.63, 3.8) is 0 Å². The van der Waals surface area contributed by atoms with Crippen molar-refractivity contribution in [2.75, 3.05) is 31.0 Å². The van der Waals surface area contributed by atoms with Gasteiger partial charge in [-0.05, 0) is 30.0 Å². The second kappa shape index (κ2) is 6.09. The predicted octanol–water partition coefficient (Wildman–Crippen LogP) is 2.09. The third-order valence-electron chi connectivity index (χ3n) is 2.96. The van der Waals surface area contributed by atoms with Crippen LogP contribution in [0.15, 0.2) is 30.5 Å². The number of sulfone groups is 1. The van der Waals surface area contributed by atoms with E-state index in [1.165, 1.54) is 6.26 Å². The molecule has 0 bridgehead atoms. The fourth-order valence-corrected chi connectivity index (χ4v) is 2.63. The molecule has 1 heterocycles. The van der Waals surface area contributed by atoms with Crippen molar-refractivity contribution in [2.24, 2.45) is 0 Å². The number of hydrogen-bond acceptors (Lipinski definition) is 5. The van der Waals surface area contributed by atoms with Crippen LogP contribution in [0.3, 0.4) is 0 Å². The molecule has 2 rings (SSSR count). The summed E-state index contributed by atoms with van der Waals surface area (Å²) in [6.07, 6.45) is 3.53. The lowest BCUT2D eigenvalue weighted by molar-refractivity contribution is 0.415. The molecule has 6 heteroatoms. The number of benzene rings is 1.